The van der Waals surface area contributed by atoms with E-state index in [2.05, 4.69) is 34.6 Å². The van der Waals surface area contributed by atoms with Gasteiger partial charge >= 0.3 is 0 Å². The number of benzene rings is 1. The zero-order valence-corrected chi connectivity index (χ0v) is 16.2. The van der Waals surface area contributed by atoms with Gasteiger partial charge in [-0.3, -0.25) is 9.48 Å². The molecule has 0 atom stereocenters. The molecule has 0 aliphatic rings. The minimum atomic E-state index is -0.0566. The molecule has 1 N–H and O–H groups in total. The topological polar surface area (TPSA) is 64.7 Å². The van der Waals surface area contributed by atoms with Crippen molar-refractivity contribution in [2.45, 2.75) is 41.0 Å². The normalized spacial score (nSPS) is 11.0. The van der Waals surface area contributed by atoms with Gasteiger partial charge < -0.3 is 5.32 Å². The maximum Gasteiger partial charge on any atom is 0.229 e. The van der Waals surface area contributed by atoms with Crippen LogP contribution in [0.15, 0.2) is 24.3 Å². The average Bonchev–Trinajstić information content (AvgIpc) is 3.00. The quantitative estimate of drug-likeness (QED) is 0.784. The van der Waals surface area contributed by atoms with E-state index in [0.717, 1.165) is 39.7 Å². The van der Waals surface area contributed by atoms with Crippen LogP contribution < -0.4 is 5.32 Å². The molecule has 0 radical (unpaired) electrons. The minimum Gasteiger partial charge on any atom is -0.323 e. The first-order valence-electron chi connectivity index (χ1n) is 8.70. The van der Waals surface area contributed by atoms with Crippen molar-refractivity contribution < 1.29 is 4.79 Å². The minimum absolute atomic E-state index is 0.0566. The molecular formula is C20H25N5O. The lowest BCUT2D eigenvalue weighted by atomic mass is 10.1. The Morgan fingerprint density at radius 3 is 2.19 bits per heavy atom. The van der Waals surface area contributed by atoms with Crippen LogP contribution in [-0.2, 0) is 18.3 Å². The number of carbonyl (C=O) groups excluding carboxylic acids is 1. The number of rotatable bonds is 4. The van der Waals surface area contributed by atoms with Crippen molar-refractivity contribution in [1.82, 2.24) is 19.6 Å². The van der Waals surface area contributed by atoms with Gasteiger partial charge in [-0.25, -0.2) is 4.68 Å². The Kier molecular flexibility index (Phi) is 4.68. The third-order valence-corrected chi connectivity index (χ3v) is 4.83. The van der Waals surface area contributed by atoms with Crippen molar-refractivity contribution >= 4 is 11.6 Å². The van der Waals surface area contributed by atoms with E-state index in [1.54, 1.807) is 0 Å². The number of nitrogens with zero attached hydrogens (tertiary/aromatic N) is 4. The monoisotopic (exact) mass is 351 g/mol. The standard InChI is InChI=1S/C20H25N5O/c1-12-7-9-17(10-8-12)25-16(5)20(14(3)23-25)21-19(26)11-18-13(2)22-24(6)15(18)4/h7-10H,11H2,1-6H3,(H,21,26). The van der Waals surface area contributed by atoms with Crippen LogP contribution in [0.2, 0.25) is 0 Å². The first-order valence-corrected chi connectivity index (χ1v) is 8.70. The van der Waals surface area contributed by atoms with E-state index in [0.29, 0.717) is 6.42 Å². The summed E-state index contributed by atoms with van der Waals surface area (Å²) in [6.07, 6.45) is 0.306. The van der Waals surface area contributed by atoms with Gasteiger partial charge in [0.25, 0.3) is 0 Å². The highest BCUT2D eigenvalue weighted by Crippen LogP contribution is 2.23. The van der Waals surface area contributed by atoms with Crippen molar-refractivity contribution in [2.24, 2.45) is 7.05 Å². The van der Waals surface area contributed by atoms with Crippen LogP contribution in [0.4, 0.5) is 5.69 Å². The summed E-state index contributed by atoms with van der Waals surface area (Å²) in [5.74, 6) is -0.0566. The Morgan fingerprint density at radius 2 is 1.62 bits per heavy atom. The molecule has 6 nitrogen and oxygen atoms in total. The van der Waals surface area contributed by atoms with E-state index in [9.17, 15) is 4.79 Å². The van der Waals surface area contributed by atoms with E-state index in [-0.39, 0.29) is 5.91 Å². The molecule has 26 heavy (non-hydrogen) atoms. The van der Waals surface area contributed by atoms with Crippen molar-refractivity contribution in [2.75, 3.05) is 5.32 Å². The van der Waals surface area contributed by atoms with Gasteiger partial charge in [-0.05, 0) is 46.8 Å². The Bertz CT molecular complexity index is 963. The number of aryl methyl sites for hydroxylation is 4. The van der Waals surface area contributed by atoms with Crippen molar-refractivity contribution in [3.8, 4) is 5.69 Å². The fraction of sp³-hybridized carbons (Fsp3) is 0.350. The molecule has 1 aromatic carbocycles. The molecule has 6 heteroatoms. The largest absolute Gasteiger partial charge is 0.323 e. The molecule has 0 aliphatic carbocycles. The first kappa shape index (κ1) is 17.9. The summed E-state index contributed by atoms with van der Waals surface area (Å²) in [6, 6.07) is 8.17. The lowest BCUT2D eigenvalue weighted by molar-refractivity contribution is -0.115. The highest BCUT2D eigenvalue weighted by molar-refractivity contribution is 5.93. The molecule has 0 spiro atoms. The Balaban J connectivity index is 1.84. The lowest BCUT2D eigenvalue weighted by Crippen LogP contribution is -2.16. The van der Waals surface area contributed by atoms with Gasteiger partial charge in [0.05, 0.1) is 34.9 Å². The molecule has 0 saturated heterocycles. The van der Waals surface area contributed by atoms with Crippen LogP contribution in [0.3, 0.4) is 0 Å². The lowest BCUT2D eigenvalue weighted by Gasteiger charge is -2.08. The van der Waals surface area contributed by atoms with Crippen LogP contribution in [0.25, 0.3) is 5.69 Å². The summed E-state index contributed by atoms with van der Waals surface area (Å²) in [6.45, 7) is 9.85. The second-order valence-electron chi connectivity index (χ2n) is 6.79. The van der Waals surface area contributed by atoms with Crippen LogP contribution in [0.5, 0.6) is 0 Å². The summed E-state index contributed by atoms with van der Waals surface area (Å²) in [4.78, 5) is 12.6. The van der Waals surface area contributed by atoms with Gasteiger partial charge in [0.15, 0.2) is 0 Å². The molecular weight excluding hydrogens is 326 g/mol. The molecule has 136 valence electrons. The molecule has 0 bridgehead atoms. The molecule has 0 unspecified atom stereocenters. The third kappa shape index (κ3) is 3.27. The molecule has 2 heterocycles. The number of aromatic nitrogens is 4. The van der Waals surface area contributed by atoms with Gasteiger partial charge in [0.2, 0.25) is 5.91 Å². The summed E-state index contributed by atoms with van der Waals surface area (Å²) in [7, 11) is 1.89. The zero-order valence-electron chi connectivity index (χ0n) is 16.2. The second kappa shape index (κ2) is 6.78. The van der Waals surface area contributed by atoms with E-state index >= 15 is 0 Å². The van der Waals surface area contributed by atoms with Crippen LogP contribution in [0, 0.1) is 34.6 Å². The number of amides is 1. The SMILES string of the molecule is Cc1ccc(-n2nc(C)c(NC(=O)Cc3c(C)nn(C)c3C)c2C)cc1. The molecule has 3 rings (SSSR count). The zero-order chi connectivity index (χ0) is 19.0. The molecule has 1 amide bonds. The fourth-order valence-corrected chi connectivity index (χ4v) is 3.18. The van der Waals surface area contributed by atoms with Crippen LogP contribution in [0.1, 0.15) is 33.9 Å². The van der Waals surface area contributed by atoms with E-state index < -0.39 is 0 Å². The molecule has 0 aliphatic heterocycles. The Morgan fingerprint density at radius 1 is 0.962 bits per heavy atom. The van der Waals surface area contributed by atoms with Gasteiger partial charge in [0.1, 0.15) is 0 Å². The average molecular weight is 351 g/mol. The molecule has 0 fully saturated rings. The summed E-state index contributed by atoms with van der Waals surface area (Å²) < 4.78 is 3.68. The summed E-state index contributed by atoms with van der Waals surface area (Å²) in [5.41, 5.74) is 7.56. The van der Waals surface area contributed by atoms with E-state index in [1.165, 1.54) is 5.56 Å². The maximum atomic E-state index is 12.6. The predicted octanol–water partition coefficient (Wildman–Crippen LogP) is 3.33. The van der Waals surface area contributed by atoms with Gasteiger partial charge in [-0.15, -0.1) is 0 Å². The third-order valence-electron chi connectivity index (χ3n) is 4.83. The Hall–Kier alpha value is -2.89. The fourth-order valence-electron chi connectivity index (χ4n) is 3.18. The second-order valence-corrected chi connectivity index (χ2v) is 6.79. The summed E-state index contributed by atoms with van der Waals surface area (Å²) in [5, 5.41) is 12.0. The molecule has 2 aromatic heterocycles. The number of hydrogen-bond donors (Lipinski definition) is 1. The highest BCUT2D eigenvalue weighted by Gasteiger charge is 2.18. The van der Waals surface area contributed by atoms with Crippen LogP contribution >= 0.6 is 0 Å². The van der Waals surface area contributed by atoms with E-state index in [1.807, 2.05) is 56.2 Å². The molecule has 0 saturated carbocycles. The highest BCUT2D eigenvalue weighted by atomic mass is 16.1. The Labute approximate surface area is 153 Å². The van der Waals surface area contributed by atoms with Crippen LogP contribution in [-0.4, -0.2) is 25.5 Å². The predicted molar refractivity (Wildman–Crippen MR) is 103 cm³/mol. The molecule has 3 aromatic rings. The first-order chi connectivity index (χ1) is 12.3. The number of hydrogen-bond acceptors (Lipinski definition) is 3. The van der Waals surface area contributed by atoms with Crippen molar-refractivity contribution in [1.29, 1.82) is 0 Å². The summed E-state index contributed by atoms with van der Waals surface area (Å²) >= 11 is 0. The van der Waals surface area contributed by atoms with Crippen molar-refractivity contribution in [3.63, 3.8) is 0 Å². The maximum absolute atomic E-state index is 12.6. The number of nitrogens with one attached hydrogen (secondary N) is 1. The number of carbonyl (C=O) groups is 1. The smallest absolute Gasteiger partial charge is 0.229 e. The van der Waals surface area contributed by atoms with Gasteiger partial charge in [-0.1, -0.05) is 17.7 Å². The van der Waals surface area contributed by atoms with Gasteiger partial charge in [-0.2, -0.15) is 10.2 Å². The van der Waals surface area contributed by atoms with Crippen molar-refractivity contribution in [3.05, 3.63) is 58.2 Å². The van der Waals surface area contributed by atoms with Gasteiger partial charge in [0, 0.05) is 18.3 Å². The van der Waals surface area contributed by atoms with E-state index in [4.69, 9.17) is 0 Å². The number of anilines is 1.